The van der Waals surface area contributed by atoms with Crippen molar-refractivity contribution in [2.45, 2.75) is 82.1 Å². The van der Waals surface area contributed by atoms with Gasteiger partial charge in [0.2, 0.25) is 5.88 Å². The van der Waals surface area contributed by atoms with Crippen LogP contribution >= 0.6 is 0 Å². The summed E-state index contributed by atoms with van der Waals surface area (Å²) in [5.41, 5.74) is 0.0166. The molecule has 1 amide bonds. The Balaban J connectivity index is 1.10. The van der Waals surface area contributed by atoms with Gasteiger partial charge in [-0.1, -0.05) is 30.2 Å². The molecular weight excluding hydrogens is 721 g/mol. The van der Waals surface area contributed by atoms with Crippen molar-refractivity contribution in [3.05, 3.63) is 47.5 Å². The third-order valence-electron chi connectivity index (χ3n) is 12.1. The monoisotopic (exact) mass is 767 g/mol. The fourth-order valence-corrected chi connectivity index (χ4v) is 9.54. The summed E-state index contributed by atoms with van der Waals surface area (Å²) in [5.74, 6) is 1.87. The van der Waals surface area contributed by atoms with Crippen molar-refractivity contribution in [3.8, 4) is 35.5 Å². The van der Waals surface area contributed by atoms with Crippen LogP contribution in [0.3, 0.4) is 0 Å². The summed E-state index contributed by atoms with van der Waals surface area (Å²) in [7, 11) is 0. The van der Waals surface area contributed by atoms with Crippen LogP contribution in [0.25, 0.3) is 32.9 Å². The number of hydrogen-bond donors (Lipinski definition) is 1. The van der Waals surface area contributed by atoms with E-state index in [0.29, 0.717) is 80.1 Å². The molecule has 5 aliphatic rings. The second-order valence-electron chi connectivity index (χ2n) is 16.0. The van der Waals surface area contributed by atoms with Crippen molar-refractivity contribution in [2.24, 2.45) is 0 Å². The van der Waals surface area contributed by atoms with Gasteiger partial charge < -0.3 is 34.1 Å². The summed E-state index contributed by atoms with van der Waals surface area (Å²) >= 11 is 0. The second kappa shape index (κ2) is 14.9. The minimum Gasteiger partial charge on any atom is -0.474 e. The van der Waals surface area contributed by atoms with E-state index in [2.05, 4.69) is 21.0 Å². The lowest BCUT2D eigenvalue weighted by Crippen LogP contribution is -2.51. The Labute approximate surface area is 324 Å². The zero-order valence-corrected chi connectivity index (χ0v) is 31.9. The fourth-order valence-electron chi connectivity index (χ4n) is 9.54. The Morgan fingerprint density at radius 3 is 2.61 bits per heavy atom. The number of pyridine rings is 1. The number of nitrogens with zero attached hydrogens (tertiary/aromatic N) is 6. The third kappa shape index (κ3) is 6.63. The minimum absolute atomic E-state index is 0.00675. The summed E-state index contributed by atoms with van der Waals surface area (Å²) in [5, 5.41) is 5.07. The number of hydrogen-bond acceptors (Lipinski definition) is 11. The molecule has 56 heavy (non-hydrogen) atoms. The van der Waals surface area contributed by atoms with Crippen LogP contribution in [0, 0.1) is 24.0 Å². The van der Waals surface area contributed by atoms with Gasteiger partial charge in [-0.25, -0.2) is 18.6 Å². The van der Waals surface area contributed by atoms with E-state index >= 15 is 8.78 Å². The highest BCUT2D eigenvalue weighted by molar-refractivity contribution is 6.03. The third-order valence-corrected chi connectivity index (χ3v) is 12.1. The van der Waals surface area contributed by atoms with Crippen molar-refractivity contribution < 1.29 is 32.5 Å². The van der Waals surface area contributed by atoms with Crippen molar-refractivity contribution in [1.82, 2.24) is 30.1 Å². The van der Waals surface area contributed by atoms with E-state index < -0.39 is 11.6 Å². The van der Waals surface area contributed by atoms with Gasteiger partial charge in [0, 0.05) is 55.3 Å². The second-order valence-corrected chi connectivity index (χ2v) is 16.0. The zero-order chi connectivity index (χ0) is 38.6. The van der Waals surface area contributed by atoms with E-state index in [1.54, 1.807) is 23.1 Å². The Morgan fingerprint density at radius 1 is 1.04 bits per heavy atom. The topological polar surface area (TPSA) is 114 Å². The maximum Gasteiger partial charge on any atom is 0.409 e. The Kier molecular flexibility index (Phi) is 9.79. The number of nitrogens with one attached hydrogen (secondary N) is 1. The molecule has 7 heterocycles. The maximum absolute atomic E-state index is 17.4. The summed E-state index contributed by atoms with van der Waals surface area (Å²) in [6.07, 6.45) is 10.9. The van der Waals surface area contributed by atoms with Crippen LogP contribution in [0.1, 0.15) is 57.9 Å². The molecule has 2 bridgehead atoms. The van der Waals surface area contributed by atoms with E-state index in [4.69, 9.17) is 40.3 Å². The first kappa shape index (κ1) is 36.8. The molecule has 12 nitrogen and oxygen atoms in total. The first-order chi connectivity index (χ1) is 27.2. The minimum atomic E-state index is -0.703. The highest BCUT2D eigenvalue weighted by Gasteiger charge is 2.50. The zero-order valence-electron chi connectivity index (χ0n) is 31.9. The van der Waals surface area contributed by atoms with Crippen molar-refractivity contribution in [2.75, 3.05) is 64.1 Å². The number of anilines is 1. The van der Waals surface area contributed by atoms with Crippen LogP contribution < -0.4 is 19.7 Å². The molecule has 1 N–H and O–H groups in total. The molecular formula is C42H47F2N7O5. The van der Waals surface area contributed by atoms with Crippen LogP contribution in [0.5, 0.6) is 11.9 Å². The molecule has 2 aromatic heterocycles. The number of ether oxygens (including phenoxy) is 4. The normalized spacial score (nSPS) is 24.9. The maximum atomic E-state index is 17.4. The van der Waals surface area contributed by atoms with Crippen molar-refractivity contribution in [1.29, 1.82) is 0 Å². The number of rotatable bonds is 9. The number of aromatic nitrogens is 3. The van der Waals surface area contributed by atoms with Crippen LogP contribution in [0.15, 0.2) is 30.3 Å². The average molecular weight is 768 g/mol. The number of carbonyl (C=O) groups excluding carboxylic acids is 1. The van der Waals surface area contributed by atoms with Crippen LogP contribution in [0.2, 0.25) is 0 Å². The smallest absolute Gasteiger partial charge is 0.409 e. The molecule has 5 saturated heterocycles. The number of piperazine rings is 1. The van der Waals surface area contributed by atoms with E-state index in [-0.39, 0.29) is 64.5 Å². The molecule has 5 fully saturated rings. The van der Waals surface area contributed by atoms with Crippen molar-refractivity contribution >= 4 is 33.6 Å². The van der Waals surface area contributed by atoms with Gasteiger partial charge in [-0.15, -0.1) is 6.42 Å². The molecule has 2 aromatic carbocycles. The van der Waals surface area contributed by atoms with Crippen LogP contribution in [-0.2, 0) is 9.47 Å². The number of morpholine rings is 1. The SMILES string of the molecule is C#Cc1c(F)ccc2cccc(-c3nc(OC(C)C)c4c(N5CC6CCC(C5)N6)nc(OC[C@]56CCCN5[C@@H](COC(=O)N5CCOCC5)CC6)nc4c3F)c12. The molecule has 0 radical (unpaired) electrons. The number of fused-ring (bicyclic) bond motifs is 5. The van der Waals surface area contributed by atoms with Crippen molar-refractivity contribution in [3.63, 3.8) is 0 Å². The number of halogens is 2. The van der Waals surface area contributed by atoms with Crippen LogP contribution in [0.4, 0.5) is 19.4 Å². The lowest BCUT2D eigenvalue weighted by atomic mass is 9.95. The molecule has 4 atom stereocenters. The van der Waals surface area contributed by atoms with E-state index in [9.17, 15) is 4.79 Å². The number of amides is 1. The average Bonchev–Trinajstić information content (AvgIpc) is 3.89. The van der Waals surface area contributed by atoms with Gasteiger partial charge in [-0.2, -0.15) is 9.97 Å². The van der Waals surface area contributed by atoms with E-state index in [0.717, 1.165) is 45.1 Å². The largest absolute Gasteiger partial charge is 0.474 e. The fraction of sp³-hybridized carbons (Fsp3) is 0.524. The van der Waals surface area contributed by atoms with E-state index in [1.807, 2.05) is 19.9 Å². The van der Waals surface area contributed by atoms with Gasteiger partial charge in [0.1, 0.15) is 41.4 Å². The predicted molar refractivity (Wildman–Crippen MR) is 207 cm³/mol. The lowest BCUT2D eigenvalue weighted by molar-refractivity contribution is 0.0138. The van der Waals surface area contributed by atoms with Gasteiger partial charge in [0.05, 0.1) is 30.4 Å². The van der Waals surface area contributed by atoms with Gasteiger partial charge in [-0.3, -0.25) is 4.90 Å². The van der Waals surface area contributed by atoms with Gasteiger partial charge >= 0.3 is 12.1 Å². The summed E-state index contributed by atoms with van der Waals surface area (Å²) in [6, 6.07) is 8.86. The number of terminal acetylenes is 1. The molecule has 9 rings (SSSR count). The Morgan fingerprint density at radius 2 is 1.84 bits per heavy atom. The molecule has 0 saturated carbocycles. The quantitative estimate of drug-likeness (QED) is 0.213. The van der Waals surface area contributed by atoms with Gasteiger partial charge in [-0.05, 0) is 70.4 Å². The molecule has 14 heteroatoms. The highest BCUT2D eigenvalue weighted by Crippen LogP contribution is 2.45. The molecule has 5 aliphatic heterocycles. The first-order valence-corrected chi connectivity index (χ1v) is 19.9. The summed E-state index contributed by atoms with van der Waals surface area (Å²) in [4.78, 5) is 33.7. The summed E-state index contributed by atoms with van der Waals surface area (Å²) < 4.78 is 56.7. The molecule has 0 spiro atoms. The summed E-state index contributed by atoms with van der Waals surface area (Å²) in [6.45, 7) is 8.66. The molecule has 294 valence electrons. The van der Waals surface area contributed by atoms with Gasteiger partial charge in [0.15, 0.2) is 5.82 Å². The van der Waals surface area contributed by atoms with Gasteiger partial charge in [0.25, 0.3) is 0 Å². The number of carbonyl (C=O) groups is 1. The Bertz CT molecular complexity index is 2200. The predicted octanol–water partition coefficient (Wildman–Crippen LogP) is 5.68. The molecule has 2 unspecified atom stereocenters. The Hall–Kier alpha value is -4.84. The van der Waals surface area contributed by atoms with E-state index in [1.165, 1.54) is 6.07 Å². The highest BCUT2D eigenvalue weighted by atomic mass is 19.1. The lowest BCUT2D eigenvalue weighted by Gasteiger charge is -2.35. The number of benzene rings is 2. The first-order valence-electron chi connectivity index (χ1n) is 19.9. The standard InChI is InChI=1S/C42H47F2N7O5/c1-4-30-32(43)12-9-26-7-5-8-31(33(26)30)36-35(44)37-34(39(46-36)56-25(2)3)38(50-21-27-10-11-28(22-50)45-27)48-40(47-37)55-24-42-14-6-16-51(42)29(13-15-42)23-54-41(52)49-17-19-53-20-18-49/h1,5,7-9,12,25,27-29,45H,6,10-11,13-24H2,2-3H3/t27?,28?,29-,42-/m1/s1. The molecule has 4 aromatic rings. The van der Waals surface area contributed by atoms with Crippen LogP contribution in [-0.4, -0.2) is 120 Å². The molecule has 0 aliphatic carbocycles.